The predicted octanol–water partition coefficient (Wildman–Crippen LogP) is 4.37. The highest BCUT2D eigenvalue weighted by Crippen LogP contribution is 2.15. The molecule has 4 heteroatoms. The maximum atomic E-state index is 12.2. The van der Waals surface area contributed by atoms with Crippen LogP contribution in [0.1, 0.15) is 70.7 Å². The molecule has 1 aromatic rings. The number of carbonyl (C=O) groups excluding carboxylic acids is 2. The Hall–Kier alpha value is -1.84. The van der Waals surface area contributed by atoms with E-state index < -0.39 is 0 Å². The van der Waals surface area contributed by atoms with Gasteiger partial charge in [-0.1, -0.05) is 33.6 Å². The van der Waals surface area contributed by atoms with Crippen molar-refractivity contribution in [2.45, 2.75) is 65.8 Å². The van der Waals surface area contributed by atoms with E-state index >= 15 is 0 Å². The van der Waals surface area contributed by atoms with Gasteiger partial charge in [0.05, 0.1) is 0 Å². The maximum Gasteiger partial charge on any atom is 0.251 e. The molecule has 0 aliphatic rings. The number of carbonyl (C=O) groups is 2. The molecule has 1 atom stereocenters. The van der Waals surface area contributed by atoms with Crippen LogP contribution in [0.3, 0.4) is 0 Å². The zero-order valence-corrected chi connectivity index (χ0v) is 15.0. The molecule has 1 unspecified atom stereocenters. The van der Waals surface area contributed by atoms with E-state index in [4.69, 9.17) is 0 Å². The lowest BCUT2D eigenvalue weighted by molar-refractivity contribution is -0.117. The zero-order valence-electron chi connectivity index (χ0n) is 15.0. The van der Waals surface area contributed by atoms with Crippen LogP contribution < -0.4 is 10.6 Å². The molecule has 128 valence electrons. The predicted molar refractivity (Wildman–Crippen MR) is 95.6 cm³/mol. The van der Waals surface area contributed by atoms with Crippen molar-refractivity contribution < 1.29 is 9.59 Å². The van der Waals surface area contributed by atoms with E-state index in [1.54, 1.807) is 24.3 Å². The topological polar surface area (TPSA) is 58.2 Å². The molecule has 1 aromatic carbocycles. The minimum Gasteiger partial charge on any atom is -0.347 e. The fourth-order valence-electron chi connectivity index (χ4n) is 2.30. The number of amides is 2. The monoisotopic (exact) mass is 318 g/mol. The molecule has 0 aliphatic heterocycles. The van der Waals surface area contributed by atoms with Crippen molar-refractivity contribution in [1.29, 1.82) is 0 Å². The van der Waals surface area contributed by atoms with Gasteiger partial charge in [0.1, 0.15) is 0 Å². The number of hydrogen-bond donors (Lipinski definition) is 2. The first kappa shape index (κ1) is 19.2. The maximum absolute atomic E-state index is 12.2. The molecule has 23 heavy (non-hydrogen) atoms. The van der Waals surface area contributed by atoms with Gasteiger partial charge in [0.25, 0.3) is 5.91 Å². The summed E-state index contributed by atoms with van der Waals surface area (Å²) in [7, 11) is 0. The van der Waals surface area contributed by atoms with Crippen LogP contribution in [0.25, 0.3) is 0 Å². The number of anilines is 1. The first-order valence-electron chi connectivity index (χ1n) is 8.49. The Kier molecular flexibility index (Phi) is 7.27. The molecule has 0 heterocycles. The van der Waals surface area contributed by atoms with Crippen LogP contribution in [0, 0.1) is 5.92 Å². The Morgan fingerprint density at radius 2 is 1.74 bits per heavy atom. The van der Waals surface area contributed by atoms with Crippen molar-refractivity contribution in [2.24, 2.45) is 5.92 Å². The van der Waals surface area contributed by atoms with Crippen molar-refractivity contribution in [3.63, 3.8) is 0 Å². The van der Waals surface area contributed by atoms with Crippen molar-refractivity contribution in [2.75, 3.05) is 5.32 Å². The summed E-state index contributed by atoms with van der Waals surface area (Å²) in [6.45, 7) is 10.2. The summed E-state index contributed by atoms with van der Waals surface area (Å²) in [5, 5.41) is 5.88. The number of hydrogen-bond acceptors (Lipinski definition) is 2. The van der Waals surface area contributed by atoms with Crippen LogP contribution in [0.5, 0.6) is 0 Å². The third kappa shape index (κ3) is 6.85. The van der Waals surface area contributed by atoms with E-state index in [2.05, 4.69) is 24.5 Å². The van der Waals surface area contributed by atoms with Gasteiger partial charge in [-0.2, -0.15) is 0 Å². The molecule has 1 rings (SSSR count). The quantitative estimate of drug-likeness (QED) is 0.747. The molecule has 0 spiro atoms. The summed E-state index contributed by atoms with van der Waals surface area (Å²) in [4.78, 5) is 24.1. The molecular weight excluding hydrogens is 288 g/mol. The van der Waals surface area contributed by atoms with E-state index in [0.717, 1.165) is 24.9 Å². The highest BCUT2D eigenvalue weighted by atomic mass is 16.2. The highest BCUT2D eigenvalue weighted by molar-refractivity contribution is 5.96. The average Bonchev–Trinajstić information content (AvgIpc) is 2.47. The van der Waals surface area contributed by atoms with E-state index in [1.807, 2.05) is 20.8 Å². The van der Waals surface area contributed by atoms with Gasteiger partial charge in [-0.3, -0.25) is 9.59 Å². The van der Waals surface area contributed by atoms with Gasteiger partial charge in [0.15, 0.2) is 0 Å². The van der Waals surface area contributed by atoms with Crippen molar-refractivity contribution in [1.82, 2.24) is 5.32 Å². The number of nitrogens with one attached hydrogen (secondary N) is 2. The highest BCUT2D eigenvalue weighted by Gasteiger charge is 2.18. The van der Waals surface area contributed by atoms with Gasteiger partial charge < -0.3 is 10.6 Å². The molecular formula is C19H30N2O2. The summed E-state index contributed by atoms with van der Waals surface area (Å²) < 4.78 is 0. The lowest BCUT2D eigenvalue weighted by Gasteiger charge is -2.24. The molecule has 0 aliphatic carbocycles. The van der Waals surface area contributed by atoms with Crippen LogP contribution in [0.4, 0.5) is 5.69 Å². The second kappa shape index (κ2) is 8.70. The van der Waals surface area contributed by atoms with Crippen LogP contribution in [0.2, 0.25) is 0 Å². The molecule has 0 saturated heterocycles. The van der Waals surface area contributed by atoms with Gasteiger partial charge in [-0.25, -0.2) is 0 Å². The normalized spacial score (nSPS) is 12.6. The molecule has 4 nitrogen and oxygen atoms in total. The first-order valence-corrected chi connectivity index (χ1v) is 8.49. The standard InChI is InChI=1S/C19H30N2O2/c1-6-8-14(3)13-17(22)20-16-11-9-15(10-12-16)18(23)21-19(4,5)7-2/h9-12,14H,6-8,13H2,1-5H3,(H,20,22)(H,21,23). The van der Waals surface area contributed by atoms with Crippen LogP contribution in [-0.2, 0) is 4.79 Å². The van der Waals surface area contributed by atoms with Gasteiger partial charge in [0.2, 0.25) is 5.91 Å². The fourth-order valence-corrected chi connectivity index (χ4v) is 2.30. The smallest absolute Gasteiger partial charge is 0.251 e. The zero-order chi connectivity index (χ0) is 17.5. The minimum absolute atomic E-state index is 0.0234. The van der Waals surface area contributed by atoms with Gasteiger partial charge >= 0.3 is 0 Å². The summed E-state index contributed by atoms with van der Waals surface area (Å²) >= 11 is 0. The van der Waals surface area contributed by atoms with E-state index in [1.165, 1.54) is 0 Å². The Morgan fingerprint density at radius 3 is 2.26 bits per heavy atom. The number of rotatable bonds is 8. The van der Waals surface area contributed by atoms with Gasteiger partial charge in [0, 0.05) is 23.2 Å². The van der Waals surface area contributed by atoms with Crippen molar-refractivity contribution >= 4 is 17.5 Å². The SMILES string of the molecule is CCCC(C)CC(=O)Nc1ccc(C(=O)NC(C)(C)CC)cc1. The lowest BCUT2D eigenvalue weighted by atomic mass is 10.0. The van der Waals surface area contributed by atoms with Crippen LogP contribution >= 0.6 is 0 Å². The summed E-state index contributed by atoms with van der Waals surface area (Å²) in [6.07, 6.45) is 3.54. The average molecular weight is 318 g/mol. The molecule has 2 N–H and O–H groups in total. The molecule has 0 aromatic heterocycles. The second-order valence-electron chi connectivity index (χ2n) is 6.92. The summed E-state index contributed by atoms with van der Waals surface area (Å²) in [6, 6.07) is 7.03. The van der Waals surface area contributed by atoms with Crippen molar-refractivity contribution in [3.05, 3.63) is 29.8 Å². The van der Waals surface area contributed by atoms with Gasteiger partial charge in [-0.05, 0) is 50.5 Å². The Labute approximate surface area is 140 Å². The third-order valence-electron chi connectivity index (χ3n) is 4.08. The molecule has 0 bridgehead atoms. The molecule has 0 saturated carbocycles. The number of benzene rings is 1. The molecule has 0 fully saturated rings. The van der Waals surface area contributed by atoms with E-state index in [0.29, 0.717) is 17.9 Å². The second-order valence-corrected chi connectivity index (χ2v) is 6.92. The Balaban J connectivity index is 2.59. The molecule has 2 amide bonds. The van der Waals surface area contributed by atoms with Crippen molar-refractivity contribution in [3.8, 4) is 0 Å². The first-order chi connectivity index (χ1) is 10.8. The summed E-state index contributed by atoms with van der Waals surface area (Å²) in [5.74, 6) is 0.322. The van der Waals surface area contributed by atoms with Crippen LogP contribution in [-0.4, -0.2) is 17.4 Å². The third-order valence-corrected chi connectivity index (χ3v) is 4.08. The largest absolute Gasteiger partial charge is 0.347 e. The minimum atomic E-state index is -0.223. The summed E-state index contributed by atoms with van der Waals surface area (Å²) in [5.41, 5.74) is 1.10. The van der Waals surface area contributed by atoms with Gasteiger partial charge in [-0.15, -0.1) is 0 Å². The Bertz CT molecular complexity index is 521. The van der Waals surface area contributed by atoms with Crippen LogP contribution in [0.15, 0.2) is 24.3 Å². The molecule has 0 radical (unpaired) electrons. The Morgan fingerprint density at radius 1 is 1.13 bits per heavy atom. The lowest BCUT2D eigenvalue weighted by Crippen LogP contribution is -2.42. The van der Waals surface area contributed by atoms with E-state index in [9.17, 15) is 9.59 Å². The van der Waals surface area contributed by atoms with E-state index in [-0.39, 0.29) is 17.4 Å². The fraction of sp³-hybridized carbons (Fsp3) is 0.579.